The summed E-state index contributed by atoms with van der Waals surface area (Å²) in [6, 6.07) is 6.78. The van der Waals surface area contributed by atoms with Gasteiger partial charge in [0, 0.05) is 12.7 Å². The van der Waals surface area contributed by atoms with E-state index in [1.54, 1.807) is 24.3 Å². The van der Waals surface area contributed by atoms with E-state index in [2.05, 4.69) is 9.84 Å². The van der Waals surface area contributed by atoms with Crippen molar-refractivity contribution in [2.75, 3.05) is 12.8 Å². The first-order chi connectivity index (χ1) is 8.54. The highest BCUT2D eigenvalue weighted by Crippen LogP contribution is 2.21. The van der Waals surface area contributed by atoms with Gasteiger partial charge in [-0.2, -0.15) is 0 Å². The van der Waals surface area contributed by atoms with Gasteiger partial charge in [0.05, 0.1) is 12.7 Å². The topological polar surface area (TPSA) is 90.1 Å². The zero-order chi connectivity index (χ0) is 13.3. The second-order valence-corrected chi connectivity index (χ2v) is 3.84. The van der Waals surface area contributed by atoms with Gasteiger partial charge in [-0.05, 0) is 17.7 Å². The number of methoxy groups -OCH3 is 1. The van der Waals surface area contributed by atoms with Gasteiger partial charge in [-0.1, -0.05) is 12.1 Å². The van der Waals surface area contributed by atoms with Gasteiger partial charge in [0.15, 0.2) is 5.69 Å². The summed E-state index contributed by atoms with van der Waals surface area (Å²) in [5, 5.41) is 2.67. The quantitative estimate of drug-likeness (QED) is 0.605. The van der Waals surface area contributed by atoms with Gasteiger partial charge in [0.1, 0.15) is 0 Å². The van der Waals surface area contributed by atoms with Crippen molar-refractivity contribution in [1.29, 1.82) is 0 Å². The van der Waals surface area contributed by atoms with E-state index in [1.165, 1.54) is 18.8 Å². The molecule has 94 valence electrons. The molecule has 6 nitrogen and oxygen atoms in total. The number of aryl methyl sites for hydroxylation is 1. The van der Waals surface area contributed by atoms with Crippen molar-refractivity contribution in [2.24, 2.45) is 7.05 Å². The molecule has 0 aliphatic rings. The number of carbonyl (C=O) groups excluding carboxylic acids is 1. The lowest BCUT2D eigenvalue weighted by Gasteiger charge is -2.01. The third-order valence-electron chi connectivity index (χ3n) is 2.61. The standard InChI is InChI=1S/C12H13N3O3/c1-15-11(16)9(10(14-15)12(17)18-2)7-4-3-5-8(13)6-7/h3-6,14H,13H2,1-2H3. The molecule has 1 heterocycles. The average Bonchev–Trinajstić information content (AvgIpc) is 2.65. The number of nitrogens with one attached hydrogen (secondary N) is 1. The number of aromatic amines is 1. The number of carbonyl (C=O) groups is 1. The summed E-state index contributed by atoms with van der Waals surface area (Å²) < 4.78 is 5.87. The van der Waals surface area contributed by atoms with Crippen LogP contribution >= 0.6 is 0 Å². The second-order valence-electron chi connectivity index (χ2n) is 3.84. The monoisotopic (exact) mass is 247 g/mol. The van der Waals surface area contributed by atoms with Gasteiger partial charge < -0.3 is 10.5 Å². The van der Waals surface area contributed by atoms with E-state index in [1.807, 2.05) is 0 Å². The fraction of sp³-hybridized carbons (Fsp3) is 0.167. The predicted molar refractivity (Wildman–Crippen MR) is 67.2 cm³/mol. The van der Waals surface area contributed by atoms with Crippen LogP contribution in [0.4, 0.5) is 5.69 Å². The molecule has 1 aromatic carbocycles. The Labute approximate surface area is 103 Å². The molecule has 0 amide bonds. The number of anilines is 1. The minimum absolute atomic E-state index is 0.121. The summed E-state index contributed by atoms with van der Waals surface area (Å²) >= 11 is 0. The van der Waals surface area contributed by atoms with Crippen LogP contribution in [0.5, 0.6) is 0 Å². The lowest BCUT2D eigenvalue weighted by molar-refractivity contribution is 0.0594. The Morgan fingerprint density at radius 2 is 2.17 bits per heavy atom. The van der Waals surface area contributed by atoms with Gasteiger partial charge in [0.2, 0.25) is 0 Å². The number of rotatable bonds is 2. The molecule has 2 rings (SSSR count). The van der Waals surface area contributed by atoms with Gasteiger partial charge in [-0.3, -0.25) is 14.6 Å². The van der Waals surface area contributed by atoms with Gasteiger partial charge in [0.25, 0.3) is 5.56 Å². The Morgan fingerprint density at radius 3 is 2.78 bits per heavy atom. The largest absolute Gasteiger partial charge is 0.464 e. The Kier molecular flexibility index (Phi) is 2.93. The summed E-state index contributed by atoms with van der Waals surface area (Å²) in [7, 11) is 2.79. The van der Waals surface area contributed by atoms with Crippen LogP contribution in [0.15, 0.2) is 29.1 Å². The molecule has 6 heteroatoms. The highest BCUT2D eigenvalue weighted by molar-refractivity contribution is 5.95. The maximum Gasteiger partial charge on any atom is 0.356 e. The van der Waals surface area contributed by atoms with Gasteiger partial charge >= 0.3 is 5.97 Å². The van der Waals surface area contributed by atoms with Crippen LogP contribution in [0.2, 0.25) is 0 Å². The Hall–Kier alpha value is -2.50. The lowest BCUT2D eigenvalue weighted by Crippen LogP contribution is -2.13. The van der Waals surface area contributed by atoms with Crippen LogP contribution in [0.3, 0.4) is 0 Å². The third kappa shape index (κ3) is 1.88. The van der Waals surface area contributed by atoms with Crippen molar-refractivity contribution in [1.82, 2.24) is 9.78 Å². The first kappa shape index (κ1) is 12.0. The summed E-state index contributed by atoms with van der Waals surface area (Å²) in [6.07, 6.45) is 0. The SMILES string of the molecule is COC(=O)c1[nH]n(C)c(=O)c1-c1cccc(N)c1. The predicted octanol–water partition coefficient (Wildman–Crippen LogP) is 0.749. The Bertz CT molecular complexity index is 655. The van der Waals surface area contributed by atoms with Crippen LogP contribution in [0.1, 0.15) is 10.5 Å². The normalized spacial score (nSPS) is 10.3. The molecule has 18 heavy (non-hydrogen) atoms. The molecule has 0 fully saturated rings. The molecular formula is C12H13N3O3. The Morgan fingerprint density at radius 1 is 1.44 bits per heavy atom. The molecular weight excluding hydrogens is 234 g/mol. The van der Waals surface area contributed by atoms with Crippen molar-refractivity contribution in [2.45, 2.75) is 0 Å². The van der Waals surface area contributed by atoms with Crippen molar-refractivity contribution in [3.05, 3.63) is 40.3 Å². The number of H-pyrrole nitrogens is 1. The second kappa shape index (κ2) is 4.40. The number of nitrogens with two attached hydrogens (primary N) is 1. The minimum atomic E-state index is -0.592. The van der Waals surface area contributed by atoms with E-state index in [0.29, 0.717) is 11.3 Å². The van der Waals surface area contributed by atoms with Crippen LogP contribution < -0.4 is 11.3 Å². The van der Waals surface area contributed by atoms with Crippen molar-refractivity contribution < 1.29 is 9.53 Å². The number of hydrogen-bond acceptors (Lipinski definition) is 4. The van der Waals surface area contributed by atoms with E-state index in [0.717, 1.165) is 0 Å². The highest BCUT2D eigenvalue weighted by Gasteiger charge is 2.20. The lowest BCUT2D eigenvalue weighted by atomic mass is 10.1. The molecule has 0 bridgehead atoms. The number of nitrogens with zero attached hydrogens (tertiary/aromatic N) is 1. The molecule has 0 saturated carbocycles. The fourth-order valence-electron chi connectivity index (χ4n) is 1.76. The summed E-state index contributed by atoms with van der Waals surface area (Å²) in [5.41, 5.74) is 6.85. The number of hydrogen-bond donors (Lipinski definition) is 2. The first-order valence-corrected chi connectivity index (χ1v) is 5.28. The molecule has 0 saturated heterocycles. The zero-order valence-corrected chi connectivity index (χ0v) is 10.1. The first-order valence-electron chi connectivity index (χ1n) is 5.28. The number of benzene rings is 1. The Balaban J connectivity index is 2.70. The van der Waals surface area contributed by atoms with Crippen LogP contribution in [-0.4, -0.2) is 22.9 Å². The maximum atomic E-state index is 12.0. The molecule has 0 radical (unpaired) electrons. The molecule has 0 aliphatic heterocycles. The smallest absolute Gasteiger partial charge is 0.356 e. The zero-order valence-electron chi connectivity index (χ0n) is 10.1. The van der Waals surface area contributed by atoms with E-state index in [-0.39, 0.29) is 16.8 Å². The van der Waals surface area contributed by atoms with E-state index in [9.17, 15) is 9.59 Å². The molecule has 0 atom stereocenters. The number of esters is 1. The number of nitrogen functional groups attached to an aromatic ring is 1. The number of aromatic nitrogens is 2. The molecule has 3 N–H and O–H groups in total. The molecule has 0 spiro atoms. The summed E-state index contributed by atoms with van der Waals surface area (Å²) in [4.78, 5) is 23.6. The summed E-state index contributed by atoms with van der Waals surface area (Å²) in [6.45, 7) is 0. The molecule has 0 aliphatic carbocycles. The van der Waals surface area contributed by atoms with Gasteiger partial charge in [-0.25, -0.2) is 4.79 Å². The van der Waals surface area contributed by atoms with Gasteiger partial charge in [-0.15, -0.1) is 0 Å². The third-order valence-corrected chi connectivity index (χ3v) is 2.61. The van der Waals surface area contributed by atoms with Crippen LogP contribution in [-0.2, 0) is 11.8 Å². The van der Waals surface area contributed by atoms with Crippen molar-refractivity contribution in [3.63, 3.8) is 0 Å². The summed E-state index contributed by atoms with van der Waals surface area (Å²) in [5.74, 6) is -0.592. The minimum Gasteiger partial charge on any atom is -0.464 e. The average molecular weight is 247 g/mol. The highest BCUT2D eigenvalue weighted by atomic mass is 16.5. The number of ether oxygens (including phenoxy) is 1. The molecule has 0 unspecified atom stereocenters. The molecule has 1 aromatic heterocycles. The van der Waals surface area contributed by atoms with Crippen molar-refractivity contribution in [3.8, 4) is 11.1 Å². The van der Waals surface area contributed by atoms with Crippen molar-refractivity contribution >= 4 is 11.7 Å². The fourth-order valence-corrected chi connectivity index (χ4v) is 1.76. The van der Waals surface area contributed by atoms with E-state index >= 15 is 0 Å². The van der Waals surface area contributed by atoms with E-state index in [4.69, 9.17) is 5.73 Å². The van der Waals surface area contributed by atoms with E-state index < -0.39 is 5.97 Å². The maximum absolute atomic E-state index is 12.0. The molecule has 2 aromatic rings. The van der Waals surface area contributed by atoms with Crippen LogP contribution in [0, 0.1) is 0 Å². The van der Waals surface area contributed by atoms with Crippen LogP contribution in [0.25, 0.3) is 11.1 Å².